The fraction of sp³-hybridized carbons (Fsp3) is 0.348. The van der Waals surface area contributed by atoms with E-state index in [2.05, 4.69) is 0 Å². The van der Waals surface area contributed by atoms with Crippen LogP contribution < -0.4 is 4.74 Å². The number of carbonyl (C=O) groups is 1. The maximum absolute atomic E-state index is 13.5. The van der Waals surface area contributed by atoms with E-state index in [0.29, 0.717) is 41.9 Å². The quantitative estimate of drug-likeness (QED) is 0.524. The summed E-state index contributed by atoms with van der Waals surface area (Å²) in [6.07, 6.45) is 4.16. The molecule has 2 aliphatic rings. The van der Waals surface area contributed by atoms with Crippen LogP contribution in [0.3, 0.4) is 0 Å². The van der Waals surface area contributed by atoms with Crippen molar-refractivity contribution in [2.45, 2.75) is 30.7 Å². The normalized spacial score (nSPS) is 16.4. The summed E-state index contributed by atoms with van der Waals surface area (Å²) in [5.41, 5.74) is 1.57. The number of hydrogen-bond donors (Lipinski definition) is 0. The molecule has 0 unspecified atom stereocenters. The maximum atomic E-state index is 13.5. The Morgan fingerprint density at radius 2 is 2.03 bits per heavy atom. The maximum Gasteiger partial charge on any atom is 0.257 e. The van der Waals surface area contributed by atoms with Gasteiger partial charge in [-0.05, 0) is 72.5 Å². The van der Waals surface area contributed by atoms with Crippen LogP contribution in [0.25, 0.3) is 10.1 Å². The van der Waals surface area contributed by atoms with E-state index in [4.69, 9.17) is 16.3 Å². The number of thiophene rings is 1. The molecule has 1 aromatic heterocycles. The van der Waals surface area contributed by atoms with Crippen LogP contribution in [-0.4, -0.2) is 38.6 Å². The summed E-state index contributed by atoms with van der Waals surface area (Å²) in [6.45, 7) is 1.62. The van der Waals surface area contributed by atoms with Crippen molar-refractivity contribution in [3.05, 3.63) is 57.4 Å². The summed E-state index contributed by atoms with van der Waals surface area (Å²) in [7, 11) is -3.43. The topological polar surface area (TPSA) is 63.7 Å². The molecule has 2 heterocycles. The van der Waals surface area contributed by atoms with Crippen molar-refractivity contribution >= 4 is 48.8 Å². The number of hydrogen-bond acceptors (Lipinski definition) is 5. The van der Waals surface area contributed by atoms with Gasteiger partial charge in [0.1, 0.15) is 5.75 Å². The minimum absolute atomic E-state index is 0.129. The molecule has 0 spiro atoms. The first-order valence-electron chi connectivity index (χ1n) is 10.3. The second kappa shape index (κ2) is 7.80. The third kappa shape index (κ3) is 4.19. The van der Waals surface area contributed by atoms with Crippen LogP contribution in [0.1, 0.15) is 33.6 Å². The molecule has 0 saturated heterocycles. The third-order valence-corrected chi connectivity index (χ3v) is 8.41. The Hall–Kier alpha value is -2.09. The van der Waals surface area contributed by atoms with Crippen molar-refractivity contribution in [2.75, 3.05) is 19.4 Å². The number of nitrogens with zero attached hydrogens (tertiary/aromatic N) is 1. The van der Waals surface area contributed by atoms with E-state index < -0.39 is 9.84 Å². The van der Waals surface area contributed by atoms with Crippen molar-refractivity contribution in [3.8, 4) is 5.75 Å². The van der Waals surface area contributed by atoms with Crippen LogP contribution >= 0.6 is 22.9 Å². The van der Waals surface area contributed by atoms with Gasteiger partial charge >= 0.3 is 0 Å². The molecular formula is C23H22ClNO4S2. The van der Waals surface area contributed by atoms with Gasteiger partial charge in [-0.25, -0.2) is 8.42 Å². The average molecular weight is 476 g/mol. The van der Waals surface area contributed by atoms with Crippen molar-refractivity contribution in [3.63, 3.8) is 0 Å². The molecule has 0 bridgehead atoms. The summed E-state index contributed by atoms with van der Waals surface area (Å²) < 4.78 is 31.3. The fourth-order valence-corrected chi connectivity index (χ4v) is 6.01. The molecule has 1 fully saturated rings. The smallest absolute Gasteiger partial charge is 0.257 e. The Kier molecular flexibility index (Phi) is 5.23. The molecule has 8 heteroatoms. The Balaban J connectivity index is 1.47. The number of fused-ring (bicyclic) bond motifs is 3. The molecule has 1 saturated carbocycles. The van der Waals surface area contributed by atoms with Crippen LogP contribution in [0.4, 0.5) is 0 Å². The molecule has 1 aliphatic heterocycles. The van der Waals surface area contributed by atoms with Gasteiger partial charge < -0.3 is 9.64 Å². The molecule has 1 amide bonds. The van der Waals surface area contributed by atoms with Crippen LogP contribution in [-0.2, 0) is 22.8 Å². The van der Waals surface area contributed by atoms with E-state index in [1.54, 1.807) is 22.3 Å². The molecule has 5 rings (SSSR count). The predicted octanol–water partition coefficient (Wildman–Crippen LogP) is 4.95. The van der Waals surface area contributed by atoms with E-state index in [9.17, 15) is 13.2 Å². The Morgan fingerprint density at radius 1 is 1.23 bits per heavy atom. The van der Waals surface area contributed by atoms with E-state index in [1.165, 1.54) is 17.7 Å². The zero-order chi connectivity index (χ0) is 21.8. The molecular weight excluding hydrogens is 454 g/mol. The Morgan fingerprint density at radius 3 is 2.77 bits per heavy atom. The zero-order valence-electron chi connectivity index (χ0n) is 17.1. The average Bonchev–Trinajstić information content (AvgIpc) is 3.50. The van der Waals surface area contributed by atoms with Gasteiger partial charge in [0.2, 0.25) is 0 Å². The molecule has 31 heavy (non-hydrogen) atoms. The minimum Gasteiger partial charge on any atom is -0.492 e. The molecule has 162 valence electrons. The number of amides is 1. The summed E-state index contributed by atoms with van der Waals surface area (Å²) in [4.78, 5) is 16.5. The molecule has 1 aliphatic carbocycles. The van der Waals surface area contributed by atoms with Gasteiger partial charge in [0, 0.05) is 27.4 Å². The lowest BCUT2D eigenvalue weighted by Crippen LogP contribution is -2.35. The molecule has 3 aromatic rings. The van der Waals surface area contributed by atoms with E-state index in [1.807, 2.05) is 18.2 Å². The largest absolute Gasteiger partial charge is 0.492 e. The van der Waals surface area contributed by atoms with E-state index in [-0.39, 0.29) is 10.8 Å². The number of benzene rings is 2. The Labute approximate surface area is 190 Å². The lowest BCUT2D eigenvalue weighted by Gasteiger charge is -2.28. The van der Waals surface area contributed by atoms with E-state index in [0.717, 1.165) is 40.5 Å². The molecule has 5 nitrogen and oxygen atoms in total. The Bertz CT molecular complexity index is 1290. The number of carbonyl (C=O) groups excluding carboxylic acids is 1. The van der Waals surface area contributed by atoms with Gasteiger partial charge in [0.05, 0.1) is 23.6 Å². The first kappa shape index (κ1) is 20.8. The van der Waals surface area contributed by atoms with Gasteiger partial charge in [-0.3, -0.25) is 4.79 Å². The van der Waals surface area contributed by atoms with Crippen LogP contribution in [0.2, 0.25) is 5.02 Å². The minimum atomic E-state index is -3.43. The predicted molar refractivity (Wildman–Crippen MR) is 123 cm³/mol. The van der Waals surface area contributed by atoms with Crippen LogP contribution in [0.15, 0.2) is 41.3 Å². The van der Waals surface area contributed by atoms with Crippen LogP contribution in [0.5, 0.6) is 5.75 Å². The van der Waals surface area contributed by atoms with Crippen molar-refractivity contribution < 1.29 is 17.9 Å². The number of rotatable bonds is 5. The standard InChI is InChI=1S/C23H22ClNO4S2/c1-31(27,28)16-5-6-20(29-13-14-2-3-14)19(11-16)23(26)25-9-8-17-18-10-15(24)4-7-21(18)30-22(17)12-25/h4-7,10-11,14H,2-3,8-9,12-13H2,1H3. The van der Waals surface area contributed by atoms with Gasteiger partial charge in [0.25, 0.3) is 5.91 Å². The van der Waals surface area contributed by atoms with Gasteiger partial charge in [0.15, 0.2) is 9.84 Å². The lowest BCUT2D eigenvalue weighted by atomic mass is 10.0. The summed E-state index contributed by atoms with van der Waals surface area (Å²) >= 11 is 7.86. The second-order valence-electron chi connectivity index (χ2n) is 8.31. The molecule has 0 radical (unpaired) electrons. The summed E-state index contributed by atoms with van der Waals surface area (Å²) in [5, 5.41) is 1.87. The second-order valence-corrected chi connectivity index (χ2v) is 11.9. The highest BCUT2D eigenvalue weighted by atomic mass is 35.5. The fourth-order valence-electron chi connectivity index (χ4n) is 3.94. The van der Waals surface area contributed by atoms with Gasteiger partial charge in [-0.1, -0.05) is 11.6 Å². The number of halogens is 1. The zero-order valence-corrected chi connectivity index (χ0v) is 19.4. The van der Waals surface area contributed by atoms with Crippen molar-refractivity contribution in [1.82, 2.24) is 4.90 Å². The third-order valence-electron chi connectivity index (χ3n) is 5.87. The molecule has 2 aromatic carbocycles. The summed E-state index contributed by atoms with van der Waals surface area (Å²) in [5.74, 6) is 0.788. The highest BCUT2D eigenvalue weighted by Crippen LogP contribution is 2.38. The van der Waals surface area contributed by atoms with Crippen LogP contribution in [0, 0.1) is 5.92 Å². The van der Waals surface area contributed by atoms with Gasteiger partial charge in [-0.15, -0.1) is 11.3 Å². The van der Waals surface area contributed by atoms with Gasteiger partial charge in [-0.2, -0.15) is 0 Å². The molecule has 0 atom stereocenters. The van der Waals surface area contributed by atoms with E-state index >= 15 is 0 Å². The van der Waals surface area contributed by atoms with Crippen molar-refractivity contribution in [2.24, 2.45) is 5.92 Å². The first-order chi connectivity index (χ1) is 14.8. The summed E-state index contributed by atoms with van der Waals surface area (Å²) in [6, 6.07) is 10.5. The first-order valence-corrected chi connectivity index (χ1v) is 13.3. The lowest BCUT2D eigenvalue weighted by molar-refractivity contribution is 0.0732. The number of sulfone groups is 1. The monoisotopic (exact) mass is 475 g/mol. The van der Waals surface area contributed by atoms with Crippen molar-refractivity contribution in [1.29, 1.82) is 0 Å². The highest BCUT2D eigenvalue weighted by Gasteiger charge is 2.29. The molecule has 0 N–H and O–H groups in total. The highest BCUT2D eigenvalue weighted by molar-refractivity contribution is 7.90. The SMILES string of the molecule is CS(=O)(=O)c1ccc(OCC2CC2)c(C(=O)N2CCc3c(sc4ccc(Cl)cc34)C2)c1. The number of ether oxygens (including phenoxy) is 1.